The Hall–Kier alpha value is -3.12. The number of hydrogen-bond acceptors (Lipinski definition) is 0. The molecule has 312 valence electrons. The monoisotopic (exact) mass is 777 g/mol. The first-order valence-corrected chi connectivity index (χ1v) is 24.4. The maximum Gasteiger partial charge on any atom is -0.0162 e. The molecule has 4 aliphatic carbocycles. The van der Waals surface area contributed by atoms with Crippen molar-refractivity contribution in [2.45, 2.75) is 177 Å². The van der Waals surface area contributed by atoms with Crippen LogP contribution < -0.4 is 0 Å². The Morgan fingerprint density at radius 2 is 0.724 bits per heavy atom. The molecule has 0 spiro atoms. The van der Waals surface area contributed by atoms with Crippen LogP contribution in [0.2, 0.25) is 0 Å². The van der Waals surface area contributed by atoms with Crippen LogP contribution >= 0.6 is 0 Å². The first-order chi connectivity index (χ1) is 28.0. The Labute approximate surface area is 356 Å². The van der Waals surface area contributed by atoms with Gasteiger partial charge in [0, 0.05) is 0 Å². The van der Waals surface area contributed by atoms with Crippen LogP contribution in [0.5, 0.6) is 0 Å². The molecule has 0 amide bonds. The molecule has 0 saturated heterocycles. The molecule has 8 rings (SSSR count). The van der Waals surface area contributed by atoms with E-state index in [1.807, 2.05) is 0 Å². The molecular formula is C58H80. The van der Waals surface area contributed by atoms with Crippen molar-refractivity contribution in [3.8, 4) is 22.3 Å². The molecule has 4 aromatic carbocycles. The van der Waals surface area contributed by atoms with E-state index in [2.05, 4.69) is 128 Å². The lowest BCUT2D eigenvalue weighted by molar-refractivity contribution is 0.148. The van der Waals surface area contributed by atoms with Gasteiger partial charge in [-0.05, 0) is 233 Å². The van der Waals surface area contributed by atoms with Crippen molar-refractivity contribution in [2.24, 2.45) is 41.4 Å². The molecule has 0 heteroatoms. The zero-order chi connectivity index (χ0) is 40.8. The van der Waals surface area contributed by atoms with Gasteiger partial charge in [-0.2, -0.15) is 0 Å². The van der Waals surface area contributed by atoms with Crippen LogP contribution in [0.1, 0.15) is 173 Å². The normalized spacial score (nSPS) is 27.7. The van der Waals surface area contributed by atoms with Gasteiger partial charge in [-0.1, -0.05) is 125 Å². The van der Waals surface area contributed by atoms with Crippen molar-refractivity contribution in [1.29, 1.82) is 0 Å². The minimum Gasteiger partial charge on any atom is -0.0625 e. The second-order valence-corrected chi connectivity index (χ2v) is 20.8. The highest BCUT2D eigenvalue weighted by Crippen LogP contribution is 2.45. The van der Waals surface area contributed by atoms with Gasteiger partial charge >= 0.3 is 0 Å². The molecule has 4 saturated carbocycles. The Morgan fingerprint density at radius 1 is 0.379 bits per heavy atom. The lowest BCUT2D eigenvalue weighted by Crippen LogP contribution is -2.25. The predicted octanol–water partition coefficient (Wildman–Crippen LogP) is 17.2. The maximum atomic E-state index is 2.45. The highest BCUT2D eigenvalue weighted by molar-refractivity contribution is 5.67. The average Bonchev–Trinajstić information content (AvgIpc) is 3.25. The summed E-state index contributed by atoms with van der Waals surface area (Å²) in [5, 5.41) is 0. The summed E-state index contributed by atoms with van der Waals surface area (Å²) in [6.45, 7) is 18.2. The predicted molar refractivity (Wildman–Crippen MR) is 253 cm³/mol. The molecule has 4 aromatic rings. The lowest BCUT2D eigenvalue weighted by Gasteiger charge is -2.37. The topological polar surface area (TPSA) is 0 Å². The number of aryl methyl sites for hydroxylation is 5. The highest BCUT2D eigenvalue weighted by atomic mass is 14.4. The average molecular weight is 777 g/mol. The molecule has 0 unspecified atom stereocenters. The van der Waals surface area contributed by atoms with Crippen molar-refractivity contribution in [2.75, 3.05) is 0 Å². The van der Waals surface area contributed by atoms with Gasteiger partial charge in [0.25, 0.3) is 0 Å². The van der Waals surface area contributed by atoms with E-state index in [0.29, 0.717) is 0 Å². The van der Waals surface area contributed by atoms with E-state index >= 15 is 0 Å². The van der Waals surface area contributed by atoms with E-state index in [9.17, 15) is 0 Å². The van der Waals surface area contributed by atoms with Gasteiger partial charge in [0.1, 0.15) is 0 Å². The molecule has 0 aliphatic heterocycles. The standard InChI is InChI=1S/C30H42.C28H38/c1-21-5-13-27(14-6-21)28-15-9-25(10-16-28)7-8-26-11-17-29(18-12-26)30-19-22(2)24(4)23(3)20-30;1-19-5-7-23(8-6-19)24-9-11-25(12-10-24)26-13-15-27(16-14-26)28-17-20(2)22(4)21(3)18-28/h11-12,17-21,25,27-28H,5-10,13-16H2,1-4H3;13-19,23-25H,5-12H2,1-4H3. The van der Waals surface area contributed by atoms with Crippen LogP contribution in [0, 0.1) is 83.0 Å². The van der Waals surface area contributed by atoms with E-state index in [1.165, 1.54) is 177 Å². The summed E-state index contributed by atoms with van der Waals surface area (Å²) < 4.78 is 0. The second kappa shape index (κ2) is 20.0. The van der Waals surface area contributed by atoms with Gasteiger partial charge in [0.15, 0.2) is 0 Å². The maximum absolute atomic E-state index is 2.45. The molecule has 58 heavy (non-hydrogen) atoms. The van der Waals surface area contributed by atoms with Crippen molar-refractivity contribution in [1.82, 2.24) is 0 Å². The zero-order valence-corrected chi connectivity index (χ0v) is 38.3. The SMILES string of the molecule is Cc1cc(-c2ccc(C3CCC(C4CCC(C)CC4)CC3)cc2)cc(C)c1C.Cc1cc(-c2ccc(CCC3CCC(C4CCC(C)CC4)CC3)cc2)cc(C)c1C. The van der Waals surface area contributed by atoms with Crippen LogP contribution in [-0.2, 0) is 6.42 Å². The minimum atomic E-state index is 0.786. The summed E-state index contributed by atoms with van der Waals surface area (Å²) in [7, 11) is 0. The largest absolute Gasteiger partial charge is 0.0625 e. The Morgan fingerprint density at radius 3 is 1.12 bits per heavy atom. The Bertz CT molecular complexity index is 1830. The first-order valence-electron chi connectivity index (χ1n) is 24.4. The summed E-state index contributed by atoms with van der Waals surface area (Å²) in [4.78, 5) is 0. The fourth-order valence-corrected chi connectivity index (χ4v) is 12.0. The lowest BCUT2D eigenvalue weighted by atomic mass is 9.68. The molecule has 0 nitrogen and oxygen atoms in total. The third-order valence-electron chi connectivity index (χ3n) is 16.8. The molecule has 0 atom stereocenters. The van der Waals surface area contributed by atoms with Crippen molar-refractivity contribution < 1.29 is 0 Å². The summed E-state index contributed by atoms with van der Waals surface area (Å²) in [5.74, 6) is 7.88. The molecule has 4 aliphatic rings. The van der Waals surface area contributed by atoms with Crippen molar-refractivity contribution in [3.05, 3.63) is 117 Å². The fourth-order valence-electron chi connectivity index (χ4n) is 12.0. The second-order valence-electron chi connectivity index (χ2n) is 20.8. The Kier molecular flexibility index (Phi) is 14.8. The molecule has 0 heterocycles. The minimum absolute atomic E-state index is 0.786. The quantitative estimate of drug-likeness (QED) is 0.167. The molecule has 0 aromatic heterocycles. The van der Waals surface area contributed by atoms with E-state index in [4.69, 9.17) is 0 Å². The van der Waals surface area contributed by atoms with Gasteiger partial charge in [-0.3, -0.25) is 0 Å². The van der Waals surface area contributed by atoms with Gasteiger partial charge < -0.3 is 0 Å². The van der Waals surface area contributed by atoms with Crippen molar-refractivity contribution in [3.63, 3.8) is 0 Å². The number of benzene rings is 4. The van der Waals surface area contributed by atoms with Gasteiger partial charge in [0.2, 0.25) is 0 Å². The van der Waals surface area contributed by atoms with E-state index in [0.717, 1.165) is 47.3 Å². The van der Waals surface area contributed by atoms with Crippen LogP contribution in [0.3, 0.4) is 0 Å². The Balaban J connectivity index is 0.000000177. The number of hydrogen-bond donors (Lipinski definition) is 0. The summed E-state index contributed by atoms with van der Waals surface area (Å²) in [5.41, 5.74) is 17.0. The zero-order valence-electron chi connectivity index (χ0n) is 38.3. The van der Waals surface area contributed by atoms with Crippen LogP contribution in [0.15, 0.2) is 72.8 Å². The first kappa shape index (κ1) is 43.0. The van der Waals surface area contributed by atoms with Crippen LogP contribution in [-0.4, -0.2) is 0 Å². The van der Waals surface area contributed by atoms with Crippen molar-refractivity contribution >= 4 is 0 Å². The molecule has 0 N–H and O–H groups in total. The van der Waals surface area contributed by atoms with Gasteiger partial charge in [-0.15, -0.1) is 0 Å². The van der Waals surface area contributed by atoms with Gasteiger partial charge in [0.05, 0.1) is 0 Å². The highest BCUT2D eigenvalue weighted by Gasteiger charge is 2.31. The molecule has 0 radical (unpaired) electrons. The van der Waals surface area contributed by atoms with E-state index < -0.39 is 0 Å². The summed E-state index contributed by atoms with van der Waals surface area (Å²) in [6.07, 6.45) is 26.3. The molecule has 0 bridgehead atoms. The molecule has 4 fully saturated rings. The third-order valence-corrected chi connectivity index (χ3v) is 16.8. The van der Waals surface area contributed by atoms with E-state index in [1.54, 1.807) is 5.56 Å². The van der Waals surface area contributed by atoms with Crippen LogP contribution in [0.25, 0.3) is 22.3 Å². The summed E-state index contributed by atoms with van der Waals surface area (Å²) >= 11 is 0. The number of rotatable bonds is 8. The third kappa shape index (κ3) is 11.0. The summed E-state index contributed by atoms with van der Waals surface area (Å²) in [6, 6.07) is 28.3. The fraction of sp³-hybridized carbons (Fsp3) is 0.586. The van der Waals surface area contributed by atoms with E-state index in [-0.39, 0.29) is 0 Å². The molecular weight excluding hydrogens is 697 g/mol. The van der Waals surface area contributed by atoms with Gasteiger partial charge in [-0.25, -0.2) is 0 Å². The smallest absolute Gasteiger partial charge is 0.0162 e. The van der Waals surface area contributed by atoms with Crippen LogP contribution in [0.4, 0.5) is 0 Å².